The average Bonchev–Trinajstić information content (AvgIpc) is 3.13. The Balaban J connectivity index is 1.35. The van der Waals surface area contributed by atoms with Gasteiger partial charge in [-0.3, -0.25) is 4.79 Å². The average molecular weight is 430 g/mol. The summed E-state index contributed by atoms with van der Waals surface area (Å²) in [5, 5.41) is 12.1. The van der Waals surface area contributed by atoms with Crippen molar-refractivity contribution in [3.05, 3.63) is 77.3 Å². The van der Waals surface area contributed by atoms with Crippen molar-refractivity contribution in [3.8, 4) is 11.8 Å². The number of para-hydroxylation sites is 1. The number of hydrogen-bond donors (Lipinski definition) is 0. The molecule has 1 heterocycles. The van der Waals surface area contributed by atoms with E-state index in [0.29, 0.717) is 10.8 Å². The van der Waals surface area contributed by atoms with Gasteiger partial charge in [-0.25, -0.2) is 4.79 Å². The molecule has 7 heteroatoms. The summed E-state index contributed by atoms with van der Waals surface area (Å²) in [7, 11) is 1.79. The predicted octanol–water partition coefficient (Wildman–Crippen LogP) is 4.31. The highest BCUT2D eigenvalue weighted by molar-refractivity contribution is 8.03. The molecule has 0 unspecified atom stereocenters. The molecule has 0 amide bonds. The molecule has 1 aliphatic heterocycles. The quantitative estimate of drug-likeness (QED) is 0.328. The molecule has 0 radical (unpaired) electrons. The molecular formula is C24H18N2O4S. The van der Waals surface area contributed by atoms with Crippen molar-refractivity contribution >= 4 is 40.0 Å². The van der Waals surface area contributed by atoms with Gasteiger partial charge < -0.3 is 14.4 Å². The molecule has 0 N–H and O–H groups in total. The number of carbonyl (C=O) groups is 2. The van der Waals surface area contributed by atoms with E-state index in [0.717, 1.165) is 21.4 Å². The number of hydrogen-bond acceptors (Lipinski definition) is 7. The van der Waals surface area contributed by atoms with E-state index in [1.165, 1.54) is 11.8 Å². The normalized spacial score (nSPS) is 14.0. The Morgan fingerprint density at radius 2 is 1.74 bits per heavy atom. The molecule has 0 saturated carbocycles. The van der Waals surface area contributed by atoms with Crippen LogP contribution in [0.5, 0.6) is 5.75 Å². The lowest BCUT2D eigenvalue weighted by atomic mass is 10.1. The van der Waals surface area contributed by atoms with Crippen molar-refractivity contribution in [2.24, 2.45) is 0 Å². The molecule has 0 aliphatic carbocycles. The number of carbonyl (C=O) groups excluding carboxylic acids is 2. The fraction of sp³-hybridized carbons (Fsp3) is 0.125. The molecule has 4 rings (SSSR count). The predicted molar refractivity (Wildman–Crippen MR) is 119 cm³/mol. The van der Waals surface area contributed by atoms with Crippen LogP contribution in [-0.2, 0) is 14.3 Å². The van der Waals surface area contributed by atoms with Gasteiger partial charge in [-0.2, -0.15) is 5.26 Å². The maximum atomic E-state index is 12.5. The van der Waals surface area contributed by atoms with Crippen LogP contribution in [-0.4, -0.2) is 32.0 Å². The number of esters is 1. The summed E-state index contributed by atoms with van der Waals surface area (Å²) in [6, 6.07) is 22.9. The number of thioether (sulfide) groups is 1. The van der Waals surface area contributed by atoms with Crippen LogP contribution in [0.3, 0.4) is 0 Å². The molecule has 3 aromatic carbocycles. The number of ketones is 1. The Kier molecular flexibility index (Phi) is 5.92. The zero-order chi connectivity index (χ0) is 21.8. The summed E-state index contributed by atoms with van der Waals surface area (Å²) in [6.07, 6.45) is 0. The lowest BCUT2D eigenvalue weighted by molar-refractivity contribution is -0.149. The van der Waals surface area contributed by atoms with Gasteiger partial charge in [-0.15, -0.1) is 0 Å². The second-order valence-electron chi connectivity index (χ2n) is 6.80. The number of benzene rings is 3. The van der Waals surface area contributed by atoms with Crippen molar-refractivity contribution in [2.75, 3.05) is 25.2 Å². The number of fused-ring (bicyclic) bond motifs is 2. The summed E-state index contributed by atoms with van der Waals surface area (Å²) < 4.78 is 10.5. The van der Waals surface area contributed by atoms with Gasteiger partial charge in [0, 0.05) is 11.9 Å². The van der Waals surface area contributed by atoms with Crippen molar-refractivity contribution in [2.45, 2.75) is 4.90 Å². The molecule has 0 atom stereocenters. The Morgan fingerprint density at radius 1 is 1.00 bits per heavy atom. The van der Waals surface area contributed by atoms with Crippen molar-refractivity contribution in [3.63, 3.8) is 0 Å². The van der Waals surface area contributed by atoms with Gasteiger partial charge in [0.15, 0.2) is 13.2 Å². The molecule has 0 saturated heterocycles. The second kappa shape index (κ2) is 8.94. The smallest absolute Gasteiger partial charge is 0.344 e. The van der Waals surface area contributed by atoms with E-state index in [-0.39, 0.29) is 12.2 Å². The third-order valence-electron chi connectivity index (χ3n) is 4.78. The third kappa shape index (κ3) is 4.39. The van der Waals surface area contributed by atoms with Crippen molar-refractivity contribution in [1.29, 1.82) is 5.26 Å². The Morgan fingerprint density at radius 3 is 2.52 bits per heavy atom. The number of nitrogens with zero attached hydrogens (tertiary/aromatic N) is 2. The first kappa shape index (κ1) is 20.5. The van der Waals surface area contributed by atoms with Crippen LogP contribution in [0.4, 0.5) is 5.69 Å². The molecule has 0 aromatic heterocycles. The van der Waals surface area contributed by atoms with Gasteiger partial charge in [0.25, 0.3) is 0 Å². The lowest BCUT2D eigenvalue weighted by Crippen LogP contribution is -2.22. The fourth-order valence-electron chi connectivity index (χ4n) is 3.21. The molecule has 0 bridgehead atoms. The van der Waals surface area contributed by atoms with E-state index in [4.69, 9.17) is 9.47 Å². The van der Waals surface area contributed by atoms with E-state index >= 15 is 0 Å². The van der Waals surface area contributed by atoms with Gasteiger partial charge in [0.1, 0.15) is 22.4 Å². The largest absolute Gasteiger partial charge is 0.482 e. The summed E-state index contributed by atoms with van der Waals surface area (Å²) in [6.45, 7) is -0.846. The van der Waals surface area contributed by atoms with Crippen LogP contribution < -0.4 is 9.64 Å². The molecule has 0 fully saturated rings. The third-order valence-corrected chi connectivity index (χ3v) is 6.02. The maximum Gasteiger partial charge on any atom is 0.344 e. The minimum atomic E-state index is -0.681. The first-order chi connectivity index (χ1) is 15.1. The summed E-state index contributed by atoms with van der Waals surface area (Å²) in [4.78, 5) is 27.3. The van der Waals surface area contributed by atoms with E-state index in [2.05, 4.69) is 0 Å². The van der Waals surface area contributed by atoms with Crippen LogP contribution >= 0.6 is 11.8 Å². The van der Waals surface area contributed by atoms with Gasteiger partial charge in [0.2, 0.25) is 5.78 Å². The lowest BCUT2D eigenvalue weighted by Gasteiger charge is -2.14. The number of Topliss-reactive ketones (excluding diaryl/α,β-unsaturated/α-hetero) is 1. The Labute approximate surface area is 183 Å². The first-order valence-corrected chi connectivity index (χ1v) is 10.3. The van der Waals surface area contributed by atoms with E-state index in [1.54, 1.807) is 18.0 Å². The molecule has 6 nitrogen and oxygen atoms in total. The summed E-state index contributed by atoms with van der Waals surface area (Å²) >= 11 is 1.34. The van der Waals surface area contributed by atoms with Crippen LogP contribution in [0.25, 0.3) is 10.8 Å². The maximum absolute atomic E-state index is 12.5. The molecule has 31 heavy (non-hydrogen) atoms. The SMILES string of the molecule is CN1/C(=C(\C#N)C(=O)COC(=O)COc2ccc3ccccc3c2)Sc2ccccc21. The van der Waals surface area contributed by atoms with Crippen LogP contribution in [0.2, 0.25) is 0 Å². The van der Waals surface area contributed by atoms with E-state index < -0.39 is 18.4 Å². The van der Waals surface area contributed by atoms with E-state index in [1.807, 2.05) is 66.7 Å². The van der Waals surface area contributed by atoms with Gasteiger partial charge in [-0.05, 0) is 35.0 Å². The molecular weight excluding hydrogens is 412 g/mol. The highest BCUT2D eigenvalue weighted by atomic mass is 32.2. The highest BCUT2D eigenvalue weighted by Crippen LogP contribution is 2.46. The molecule has 3 aromatic rings. The van der Waals surface area contributed by atoms with Gasteiger partial charge in [-0.1, -0.05) is 54.2 Å². The van der Waals surface area contributed by atoms with Crippen molar-refractivity contribution < 1.29 is 19.1 Å². The van der Waals surface area contributed by atoms with Crippen LogP contribution in [0.15, 0.2) is 82.2 Å². The standard InChI is InChI=1S/C24H18N2O4S/c1-26-20-8-4-5-9-22(20)31-24(26)19(13-25)21(27)14-30-23(28)15-29-18-11-10-16-6-2-3-7-17(16)12-18/h2-12H,14-15H2,1H3/b24-19-. The molecule has 154 valence electrons. The zero-order valence-electron chi connectivity index (χ0n) is 16.7. The van der Waals surface area contributed by atoms with Gasteiger partial charge >= 0.3 is 5.97 Å². The monoisotopic (exact) mass is 430 g/mol. The molecule has 1 aliphatic rings. The fourth-order valence-corrected chi connectivity index (χ4v) is 4.37. The zero-order valence-corrected chi connectivity index (χ0v) is 17.5. The minimum absolute atomic E-state index is 0.0352. The summed E-state index contributed by atoms with van der Waals surface area (Å²) in [5.74, 6) is -0.702. The minimum Gasteiger partial charge on any atom is -0.482 e. The van der Waals surface area contributed by atoms with E-state index in [9.17, 15) is 14.9 Å². The number of rotatable bonds is 6. The van der Waals surface area contributed by atoms with Crippen LogP contribution in [0.1, 0.15) is 0 Å². The molecule has 0 spiro atoms. The van der Waals surface area contributed by atoms with Crippen molar-refractivity contribution in [1.82, 2.24) is 0 Å². The Bertz CT molecular complexity index is 1250. The number of anilines is 1. The first-order valence-electron chi connectivity index (χ1n) is 9.52. The topological polar surface area (TPSA) is 79.6 Å². The number of nitriles is 1. The summed E-state index contributed by atoms with van der Waals surface area (Å²) in [5.41, 5.74) is 0.885. The second-order valence-corrected chi connectivity index (χ2v) is 7.83. The highest BCUT2D eigenvalue weighted by Gasteiger charge is 2.28. The van der Waals surface area contributed by atoms with Gasteiger partial charge in [0.05, 0.1) is 5.69 Å². The Hall–Kier alpha value is -3.76. The van der Waals surface area contributed by atoms with Crippen LogP contribution in [0, 0.1) is 11.3 Å². The number of ether oxygens (including phenoxy) is 2.